The number of rotatable bonds is 5. The lowest BCUT2D eigenvalue weighted by Crippen LogP contribution is -2.38. The van der Waals surface area contributed by atoms with Gasteiger partial charge in [-0.2, -0.15) is 0 Å². The first kappa shape index (κ1) is 21.0. The Labute approximate surface area is 181 Å². The number of piperidine rings is 1. The number of hydrogen-bond donors (Lipinski definition) is 1. The third-order valence-corrected chi connectivity index (χ3v) is 5.40. The molecule has 0 saturated carbocycles. The lowest BCUT2D eigenvalue weighted by atomic mass is 9.90. The summed E-state index contributed by atoms with van der Waals surface area (Å²) in [6, 6.07) is 2.12. The standard InChI is InChI=1S/C22H28N6O3/c1-12(2)24-22-23-11-17(18-10-13(3)27-31-18)19(26-22)16-6-8-28(9-7-16)21(29)20-14(4)25-15(5)30-20/h10-12,16H,6-9H2,1-5H3,(H,23,24,26). The summed E-state index contributed by atoms with van der Waals surface area (Å²) in [5, 5.41) is 7.29. The van der Waals surface area contributed by atoms with Crippen molar-refractivity contribution >= 4 is 11.9 Å². The number of carbonyl (C=O) groups excluding carboxylic acids is 1. The maximum atomic E-state index is 12.9. The molecule has 4 rings (SSSR count). The number of oxazole rings is 1. The summed E-state index contributed by atoms with van der Waals surface area (Å²) in [7, 11) is 0. The first-order valence-electron chi connectivity index (χ1n) is 10.6. The molecule has 1 saturated heterocycles. The zero-order valence-corrected chi connectivity index (χ0v) is 18.6. The number of anilines is 1. The Balaban J connectivity index is 1.56. The molecule has 1 N–H and O–H groups in total. The molecule has 31 heavy (non-hydrogen) atoms. The highest BCUT2D eigenvalue weighted by Gasteiger charge is 2.30. The largest absolute Gasteiger partial charge is 0.436 e. The topological polar surface area (TPSA) is 110 Å². The van der Waals surface area contributed by atoms with Gasteiger partial charge in [0.25, 0.3) is 5.91 Å². The number of carbonyl (C=O) groups is 1. The van der Waals surface area contributed by atoms with Crippen molar-refractivity contribution in [3.63, 3.8) is 0 Å². The molecule has 3 aromatic heterocycles. The zero-order valence-electron chi connectivity index (χ0n) is 18.6. The minimum absolute atomic E-state index is 0.104. The molecule has 9 nitrogen and oxygen atoms in total. The van der Waals surface area contributed by atoms with Crippen molar-refractivity contribution in [2.45, 2.75) is 59.4 Å². The monoisotopic (exact) mass is 424 g/mol. The molecule has 1 aliphatic rings. The summed E-state index contributed by atoms with van der Waals surface area (Å²) in [5.74, 6) is 2.17. The second-order valence-electron chi connectivity index (χ2n) is 8.34. The van der Waals surface area contributed by atoms with E-state index in [1.54, 1.807) is 20.0 Å². The van der Waals surface area contributed by atoms with Crippen molar-refractivity contribution < 1.29 is 13.7 Å². The van der Waals surface area contributed by atoms with E-state index in [2.05, 4.69) is 20.4 Å². The van der Waals surface area contributed by atoms with E-state index in [1.807, 2.05) is 31.7 Å². The molecule has 0 atom stereocenters. The molecular weight excluding hydrogens is 396 g/mol. The van der Waals surface area contributed by atoms with Crippen molar-refractivity contribution in [2.75, 3.05) is 18.4 Å². The molecule has 0 spiro atoms. The lowest BCUT2D eigenvalue weighted by Gasteiger charge is -2.32. The summed E-state index contributed by atoms with van der Waals surface area (Å²) >= 11 is 0. The first-order valence-corrected chi connectivity index (χ1v) is 10.6. The van der Waals surface area contributed by atoms with Crippen LogP contribution in [0.1, 0.15) is 66.1 Å². The summed E-state index contributed by atoms with van der Waals surface area (Å²) in [6.45, 7) is 10.8. The molecule has 0 unspecified atom stereocenters. The molecule has 9 heteroatoms. The maximum absolute atomic E-state index is 12.9. The second kappa shape index (κ2) is 8.49. The number of amides is 1. The van der Waals surface area contributed by atoms with Gasteiger partial charge < -0.3 is 19.2 Å². The number of aryl methyl sites for hydroxylation is 3. The van der Waals surface area contributed by atoms with Gasteiger partial charge in [-0.3, -0.25) is 4.79 Å². The normalized spacial score (nSPS) is 15.0. The minimum atomic E-state index is -0.104. The maximum Gasteiger partial charge on any atom is 0.291 e. The van der Waals surface area contributed by atoms with E-state index in [0.29, 0.717) is 42.1 Å². The molecule has 0 radical (unpaired) electrons. The Morgan fingerprint density at radius 1 is 1.19 bits per heavy atom. The SMILES string of the molecule is Cc1cc(-c2cnc(NC(C)C)nc2C2CCN(C(=O)c3oc(C)nc3C)CC2)on1. The van der Waals surface area contributed by atoms with Crippen LogP contribution < -0.4 is 5.32 Å². The van der Waals surface area contributed by atoms with Crippen molar-refractivity contribution in [1.82, 2.24) is 25.0 Å². The smallest absolute Gasteiger partial charge is 0.291 e. The Kier molecular flexibility index (Phi) is 5.75. The zero-order chi connectivity index (χ0) is 22.1. The van der Waals surface area contributed by atoms with Crippen LogP contribution in [0, 0.1) is 20.8 Å². The van der Waals surface area contributed by atoms with Crippen LogP contribution in [0.25, 0.3) is 11.3 Å². The first-order chi connectivity index (χ1) is 14.8. The number of nitrogens with one attached hydrogen (secondary N) is 1. The molecule has 1 fully saturated rings. The van der Waals surface area contributed by atoms with Gasteiger partial charge in [0, 0.05) is 44.2 Å². The second-order valence-corrected chi connectivity index (χ2v) is 8.34. The van der Waals surface area contributed by atoms with Gasteiger partial charge in [-0.25, -0.2) is 15.0 Å². The number of nitrogens with zero attached hydrogens (tertiary/aromatic N) is 5. The average Bonchev–Trinajstić information content (AvgIpc) is 3.31. The van der Waals surface area contributed by atoms with Crippen molar-refractivity contribution in [2.24, 2.45) is 0 Å². The Morgan fingerprint density at radius 2 is 1.94 bits per heavy atom. The van der Waals surface area contributed by atoms with E-state index in [1.165, 1.54) is 0 Å². The van der Waals surface area contributed by atoms with Crippen molar-refractivity contribution in [3.05, 3.63) is 41.0 Å². The average molecular weight is 425 g/mol. The lowest BCUT2D eigenvalue weighted by molar-refractivity contribution is 0.0677. The summed E-state index contributed by atoms with van der Waals surface area (Å²) in [6.07, 6.45) is 3.37. The van der Waals surface area contributed by atoms with Gasteiger partial charge >= 0.3 is 0 Å². The molecule has 1 amide bonds. The van der Waals surface area contributed by atoms with Gasteiger partial charge in [0.2, 0.25) is 11.7 Å². The molecule has 164 valence electrons. The molecule has 0 bridgehead atoms. The van der Waals surface area contributed by atoms with Gasteiger partial charge in [0.1, 0.15) is 0 Å². The summed E-state index contributed by atoms with van der Waals surface area (Å²) < 4.78 is 11.0. The third-order valence-electron chi connectivity index (χ3n) is 5.40. The molecule has 3 aromatic rings. The van der Waals surface area contributed by atoms with Gasteiger partial charge in [0.05, 0.1) is 22.6 Å². The third kappa shape index (κ3) is 4.45. The summed E-state index contributed by atoms with van der Waals surface area (Å²) in [5.41, 5.74) is 3.21. The van der Waals surface area contributed by atoms with E-state index in [0.717, 1.165) is 29.8 Å². The Hall–Kier alpha value is -3.23. The van der Waals surface area contributed by atoms with Gasteiger partial charge in [0.15, 0.2) is 11.7 Å². The fourth-order valence-electron chi connectivity index (χ4n) is 3.94. The van der Waals surface area contributed by atoms with Crippen LogP contribution in [0.2, 0.25) is 0 Å². The van der Waals surface area contributed by atoms with Crippen LogP contribution in [0.5, 0.6) is 0 Å². The highest BCUT2D eigenvalue weighted by atomic mass is 16.5. The van der Waals surface area contributed by atoms with E-state index >= 15 is 0 Å². The minimum Gasteiger partial charge on any atom is -0.436 e. The number of aromatic nitrogens is 4. The van der Waals surface area contributed by atoms with Gasteiger partial charge in [-0.1, -0.05) is 5.16 Å². The summed E-state index contributed by atoms with van der Waals surface area (Å²) in [4.78, 5) is 28.2. The highest BCUT2D eigenvalue weighted by Crippen LogP contribution is 2.35. The molecule has 1 aliphatic heterocycles. The number of likely N-dealkylation sites (tertiary alicyclic amines) is 1. The van der Waals surface area contributed by atoms with Crippen LogP contribution in [0.3, 0.4) is 0 Å². The van der Waals surface area contributed by atoms with Crippen molar-refractivity contribution in [3.8, 4) is 11.3 Å². The predicted molar refractivity (Wildman–Crippen MR) is 115 cm³/mol. The molecule has 0 aliphatic carbocycles. The van der Waals surface area contributed by atoms with Crippen LogP contribution in [0.4, 0.5) is 5.95 Å². The van der Waals surface area contributed by atoms with E-state index in [4.69, 9.17) is 13.9 Å². The predicted octanol–water partition coefficient (Wildman–Crippen LogP) is 3.88. The fourth-order valence-corrected chi connectivity index (χ4v) is 3.94. The number of hydrogen-bond acceptors (Lipinski definition) is 8. The molecule has 4 heterocycles. The molecule has 0 aromatic carbocycles. The van der Waals surface area contributed by atoms with E-state index in [-0.39, 0.29) is 17.9 Å². The van der Waals surface area contributed by atoms with E-state index in [9.17, 15) is 4.79 Å². The van der Waals surface area contributed by atoms with Gasteiger partial charge in [-0.15, -0.1) is 0 Å². The van der Waals surface area contributed by atoms with Crippen LogP contribution in [-0.4, -0.2) is 50.0 Å². The van der Waals surface area contributed by atoms with E-state index < -0.39 is 0 Å². The van der Waals surface area contributed by atoms with Gasteiger partial charge in [-0.05, 0) is 40.5 Å². The van der Waals surface area contributed by atoms with Crippen molar-refractivity contribution in [1.29, 1.82) is 0 Å². The highest BCUT2D eigenvalue weighted by molar-refractivity contribution is 5.92. The van der Waals surface area contributed by atoms with Crippen LogP contribution in [0.15, 0.2) is 21.2 Å². The van der Waals surface area contributed by atoms with Crippen LogP contribution in [-0.2, 0) is 0 Å². The Bertz CT molecular complexity index is 1080. The van der Waals surface area contributed by atoms with Crippen LogP contribution >= 0.6 is 0 Å². The molecular formula is C22H28N6O3. The fraction of sp³-hybridized carbons (Fsp3) is 0.500. The Morgan fingerprint density at radius 3 is 2.52 bits per heavy atom. The quantitative estimate of drug-likeness (QED) is 0.657.